The highest BCUT2D eigenvalue weighted by molar-refractivity contribution is 9.10. The van der Waals surface area contributed by atoms with Crippen LogP contribution in [0.25, 0.3) is 10.8 Å². The lowest BCUT2D eigenvalue weighted by molar-refractivity contribution is 0.304. The van der Waals surface area contributed by atoms with Crippen LogP contribution in [-0.4, -0.2) is 0 Å². The lowest BCUT2D eigenvalue weighted by Gasteiger charge is -2.17. The number of anilines is 1. The van der Waals surface area contributed by atoms with Gasteiger partial charge in [-0.1, -0.05) is 76.1 Å². The average molecular weight is 446 g/mol. The summed E-state index contributed by atoms with van der Waals surface area (Å²) < 4.78 is 7.35. The Morgan fingerprint density at radius 3 is 2.45 bits per heavy atom. The molecule has 0 atom stereocenters. The SMILES string of the molecule is Cc1ccc(COc2ccc3ccccc3c2CNc2ccc(Br)cc2C)cc1. The Hall–Kier alpha value is -2.78. The largest absolute Gasteiger partial charge is 0.489 e. The zero-order valence-corrected chi connectivity index (χ0v) is 18.3. The van der Waals surface area contributed by atoms with Gasteiger partial charge < -0.3 is 10.1 Å². The van der Waals surface area contributed by atoms with Gasteiger partial charge in [0.2, 0.25) is 0 Å². The summed E-state index contributed by atoms with van der Waals surface area (Å²) in [6.45, 7) is 5.48. The third kappa shape index (κ3) is 4.63. The summed E-state index contributed by atoms with van der Waals surface area (Å²) in [6.07, 6.45) is 0. The number of nitrogens with one attached hydrogen (secondary N) is 1. The summed E-state index contributed by atoms with van der Waals surface area (Å²) in [5.41, 5.74) is 5.95. The molecule has 4 aromatic rings. The molecular formula is C26H24BrNO. The highest BCUT2D eigenvalue weighted by Gasteiger charge is 2.10. The smallest absolute Gasteiger partial charge is 0.125 e. The van der Waals surface area contributed by atoms with Gasteiger partial charge in [-0.05, 0) is 60.0 Å². The van der Waals surface area contributed by atoms with E-state index in [0.29, 0.717) is 13.2 Å². The highest BCUT2D eigenvalue weighted by atomic mass is 79.9. The van der Waals surface area contributed by atoms with E-state index in [1.54, 1.807) is 0 Å². The maximum Gasteiger partial charge on any atom is 0.125 e. The van der Waals surface area contributed by atoms with Crippen LogP contribution < -0.4 is 10.1 Å². The van der Waals surface area contributed by atoms with Crippen molar-refractivity contribution in [3.05, 3.63) is 106 Å². The van der Waals surface area contributed by atoms with Crippen molar-refractivity contribution in [1.29, 1.82) is 0 Å². The van der Waals surface area contributed by atoms with Gasteiger partial charge in [0.05, 0.1) is 0 Å². The van der Waals surface area contributed by atoms with E-state index in [1.165, 1.54) is 33.0 Å². The lowest BCUT2D eigenvalue weighted by atomic mass is 10.0. The topological polar surface area (TPSA) is 21.3 Å². The van der Waals surface area contributed by atoms with Crippen LogP contribution >= 0.6 is 15.9 Å². The van der Waals surface area contributed by atoms with Crippen LogP contribution in [-0.2, 0) is 13.2 Å². The minimum Gasteiger partial charge on any atom is -0.489 e. The molecule has 4 aromatic carbocycles. The highest BCUT2D eigenvalue weighted by Crippen LogP contribution is 2.30. The van der Waals surface area contributed by atoms with Crippen molar-refractivity contribution in [3.63, 3.8) is 0 Å². The van der Waals surface area contributed by atoms with Crippen molar-refractivity contribution in [2.24, 2.45) is 0 Å². The summed E-state index contributed by atoms with van der Waals surface area (Å²) >= 11 is 3.54. The van der Waals surface area contributed by atoms with E-state index in [9.17, 15) is 0 Å². The van der Waals surface area contributed by atoms with Crippen molar-refractivity contribution < 1.29 is 4.74 Å². The number of ether oxygens (including phenoxy) is 1. The summed E-state index contributed by atoms with van der Waals surface area (Å²) in [6, 6.07) is 27.5. The molecule has 0 saturated carbocycles. The molecule has 0 aliphatic rings. The van der Waals surface area contributed by atoms with E-state index in [2.05, 4.69) is 114 Å². The number of fused-ring (bicyclic) bond motifs is 1. The number of halogens is 1. The van der Waals surface area contributed by atoms with E-state index in [4.69, 9.17) is 4.74 Å². The standard InChI is InChI=1S/C26H24BrNO/c1-18-7-9-20(10-8-18)17-29-26-14-11-21-5-3-4-6-23(21)24(26)16-28-25-13-12-22(27)15-19(25)2/h3-15,28H,16-17H2,1-2H3. The molecule has 0 aromatic heterocycles. The van der Waals surface area contributed by atoms with Crippen LogP contribution in [0, 0.1) is 13.8 Å². The molecule has 0 amide bonds. The molecule has 0 aliphatic heterocycles. The number of hydrogen-bond donors (Lipinski definition) is 1. The van der Waals surface area contributed by atoms with Crippen molar-refractivity contribution >= 4 is 32.4 Å². The third-order valence-electron chi connectivity index (χ3n) is 5.16. The van der Waals surface area contributed by atoms with E-state index in [0.717, 1.165) is 15.9 Å². The third-order valence-corrected chi connectivity index (χ3v) is 5.65. The molecule has 4 rings (SSSR count). The molecule has 0 heterocycles. The zero-order chi connectivity index (χ0) is 20.2. The maximum absolute atomic E-state index is 6.26. The van der Waals surface area contributed by atoms with Gasteiger partial charge in [-0.25, -0.2) is 0 Å². The van der Waals surface area contributed by atoms with Crippen LogP contribution in [0.2, 0.25) is 0 Å². The van der Waals surface area contributed by atoms with Gasteiger partial charge in [0, 0.05) is 22.3 Å². The average Bonchev–Trinajstić information content (AvgIpc) is 2.73. The van der Waals surface area contributed by atoms with Crippen LogP contribution in [0.4, 0.5) is 5.69 Å². The second-order valence-electron chi connectivity index (χ2n) is 7.35. The lowest BCUT2D eigenvalue weighted by Crippen LogP contribution is -2.05. The first-order chi connectivity index (χ1) is 14.1. The van der Waals surface area contributed by atoms with Crippen LogP contribution in [0.1, 0.15) is 22.3 Å². The number of rotatable bonds is 6. The number of aryl methyl sites for hydroxylation is 2. The summed E-state index contributed by atoms with van der Waals surface area (Å²) in [7, 11) is 0. The Morgan fingerprint density at radius 2 is 1.66 bits per heavy atom. The van der Waals surface area contributed by atoms with E-state index in [-0.39, 0.29) is 0 Å². The first-order valence-electron chi connectivity index (χ1n) is 9.79. The summed E-state index contributed by atoms with van der Waals surface area (Å²) in [4.78, 5) is 0. The van der Waals surface area contributed by atoms with Gasteiger partial charge in [0.15, 0.2) is 0 Å². The Bertz CT molecular complexity index is 1140. The number of hydrogen-bond acceptors (Lipinski definition) is 2. The molecule has 0 spiro atoms. The van der Waals surface area contributed by atoms with Gasteiger partial charge in [-0.2, -0.15) is 0 Å². The minimum atomic E-state index is 0.558. The Balaban J connectivity index is 1.62. The zero-order valence-electron chi connectivity index (χ0n) is 16.7. The molecule has 0 aliphatic carbocycles. The Morgan fingerprint density at radius 1 is 0.862 bits per heavy atom. The predicted molar refractivity (Wildman–Crippen MR) is 126 cm³/mol. The first kappa shape index (κ1) is 19.5. The van der Waals surface area contributed by atoms with Crippen molar-refractivity contribution in [2.75, 3.05) is 5.32 Å². The van der Waals surface area contributed by atoms with E-state index in [1.807, 2.05) is 0 Å². The van der Waals surface area contributed by atoms with Crippen LogP contribution in [0.5, 0.6) is 5.75 Å². The fourth-order valence-electron chi connectivity index (χ4n) is 3.49. The molecule has 29 heavy (non-hydrogen) atoms. The van der Waals surface area contributed by atoms with Gasteiger partial charge >= 0.3 is 0 Å². The normalized spacial score (nSPS) is 10.9. The van der Waals surface area contributed by atoms with Gasteiger partial charge in [0.25, 0.3) is 0 Å². The molecule has 3 heteroatoms. The molecule has 0 saturated heterocycles. The monoisotopic (exact) mass is 445 g/mol. The Kier molecular flexibility index (Phi) is 5.86. The molecule has 0 unspecified atom stereocenters. The molecule has 0 radical (unpaired) electrons. The van der Waals surface area contributed by atoms with Gasteiger partial charge in [-0.3, -0.25) is 0 Å². The molecule has 146 valence electrons. The fraction of sp³-hybridized carbons (Fsp3) is 0.154. The second kappa shape index (κ2) is 8.71. The van der Waals surface area contributed by atoms with Crippen LogP contribution in [0.3, 0.4) is 0 Å². The predicted octanol–water partition coefficient (Wildman–Crippen LogP) is 7.41. The van der Waals surface area contributed by atoms with Gasteiger partial charge in [0.1, 0.15) is 12.4 Å². The maximum atomic E-state index is 6.26. The fourth-order valence-corrected chi connectivity index (χ4v) is 3.96. The van der Waals surface area contributed by atoms with Crippen molar-refractivity contribution in [2.45, 2.75) is 27.0 Å². The summed E-state index contributed by atoms with van der Waals surface area (Å²) in [5.74, 6) is 0.923. The molecule has 0 bridgehead atoms. The number of benzene rings is 4. The molecule has 0 fully saturated rings. The first-order valence-corrected chi connectivity index (χ1v) is 10.6. The molecule has 2 nitrogen and oxygen atoms in total. The van der Waals surface area contributed by atoms with Gasteiger partial charge in [-0.15, -0.1) is 0 Å². The Labute approximate surface area is 180 Å². The van der Waals surface area contributed by atoms with Crippen LogP contribution in [0.15, 0.2) is 83.3 Å². The molecule has 1 N–H and O–H groups in total. The second-order valence-corrected chi connectivity index (χ2v) is 8.27. The minimum absolute atomic E-state index is 0.558. The van der Waals surface area contributed by atoms with E-state index >= 15 is 0 Å². The summed E-state index contributed by atoms with van der Waals surface area (Å²) in [5, 5.41) is 6.03. The van der Waals surface area contributed by atoms with Crippen molar-refractivity contribution in [1.82, 2.24) is 0 Å². The quantitative estimate of drug-likeness (QED) is 0.333. The van der Waals surface area contributed by atoms with Crippen molar-refractivity contribution in [3.8, 4) is 5.75 Å². The molecular weight excluding hydrogens is 422 g/mol. The van der Waals surface area contributed by atoms with E-state index < -0.39 is 0 Å².